The first kappa shape index (κ1) is 14.2. The fraction of sp³-hybridized carbons (Fsp3) is 0.214. The van der Waals surface area contributed by atoms with Crippen molar-refractivity contribution in [2.24, 2.45) is 0 Å². The number of aryl methyl sites for hydroxylation is 1. The van der Waals surface area contributed by atoms with E-state index in [1.165, 1.54) is 22.9 Å². The number of carbonyl (C=O) groups excluding carboxylic acids is 1. The van der Waals surface area contributed by atoms with E-state index in [1.54, 1.807) is 6.92 Å². The summed E-state index contributed by atoms with van der Waals surface area (Å²) in [5.74, 6) is -5.39. The van der Waals surface area contributed by atoms with E-state index in [9.17, 15) is 24.6 Å². The van der Waals surface area contributed by atoms with Crippen LogP contribution in [0.1, 0.15) is 22.8 Å². The van der Waals surface area contributed by atoms with Crippen LogP contribution in [0.4, 0.5) is 5.69 Å². The van der Waals surface area contributed by atoms with Crippen molar-refractivity contribution in [2.45, 2.75) is 19.3 Å². The molecule has 3 rings (SSSR count). The molecule has 0 radical (unpaired) electrons. The Morgan fingerprint density at radius 3 is 2.59 bits per heavy atom. The lowest BCUT2D eigenvalue weighted by atomic mass is 9.99. The van der Waals surface area contributed by atoms with Crippen molar-refractivity contribution < 1.29 is 24.9 Å². The first-order chi connectivity index (χ1) is 10.3. The summed E-state index contributed by atoms with van der Waals surface area (Å²) in [7, 11) is 0. The largest absolute Gasteiger partial charge is 0.477 e. The van der Waals surface area contributed by atoms with Gasteiger partial charge in [-0.2, -0.15) is 0 Å². The minimum absolute atomic E-state index is 0.0739. The number of carboxylic acids is 1. The second-order valence-electron chi connectivity index (χ2n) is 4.97. The molecule has 0 saturated heterocycles. The van der Waals surface area contributed by atoms with Crippen LogP contribution in [0.25, 0.3) is 10.9 Å². The highest BCUT2D eigenvalue weighted by atomic mass is 16.5. The van der Waals surface area contributed by atoms with Gasteiger partial charge in [0.15, 0.2) is 0 Å². The molecule has 0 bridgehead atoms. The zero-order chi connectivity index (χ0) is 16.2. The molecule has 8 heteroatoms. The van der Waals surface area contributed by atoms with Crippen molar-refractivity contribution in [3.63, 3.8) is 0 Å². The maximum absolute atomic E-state index is 12.4. The van der Waals surface area contributed by atoms with Crippen molar-refractivity contribution in [3.8, 4) is 0 Å². The summed E-state index contributed by atoms with van der Waals surface area (Å²) in [6.45, 7) is 2.11. The van der Waals surface area contributed by atoms with E-state index in [1.807, 2.05) is 0 Å². The second-order valence-corrected chi connectivity index (χ2v) is 4.97. The van der Waals surface area contributed by atoms with Crippen molar-refractivity contribution >= 4 is 28.5 Å². The molecule has 4 N–H and O–H groups in total. The van der Waals surface area contributed by atoms with E-state index in [4.69, 9.17) is 5.11 Å². The Kier molecular flexibility index (Phi) is 2.84. The number of carboxylic acid groups (broad SMARTS) is 1. The number of nitrogens with one attached hydrogen (secondary N) is 1. The summed E-state index contributed by atoms with van der Waals surface area (Å²) >= 11 is 0. The lowest BCUT2D eigenvalue weighted by Crippen LogP contribution is -2.34. The summed E-state index contributed by atoms with van der Waals surface area (Å²) < 4.78 is 1.50. The number of benzene rings is 1. The van der Waals surface area contributed by atoms with Crippen LogP contribution in [0.2, 0.25) is 0 Å². The van der Waals surface area contributed by atoms with Crippen LogP contribution in [-0.4, -0.2) is 31.8 Å². The van der Waals surface area contributed by atoms with Crippen molar-refractivity contribution in [1.29, 1.82) is 0 Å². The maximum atomic E-state index is 12.4. The topological polar surface area (TPSA) is 129 Å². The van der Waals surface area contributed by atoms with E-state index >= 15 is 0 Å². The van der Waals surface area contributed by atoms with Crippen LogP contribution in [0.15, 0.2) is 23.1 Å². The highest BCUT2D eigenvalue weighted by molar-refractivity contribution is 6.09. The number of aromatic carboxylic acids is 1. The standard InChI is InChI=1S/C14H12N2O6/c1-2-16-5-6(12(18)19)11(17)9-8(16)4-3-7-10(9)14(21,22)13(20)15-7/h3-5,21-22H,2H2,1H3,(H,15,20)(H,18,19). The van der Waals surface area contributed by atoms with Crippen LogP contribution in [-0.2, 0) is 17.1 Å². The number of nitrogens with zero attached hydrogens (tertiary/aromatic N) is 1. The van der Waals surface area contributed by atoms with Gasteiger partial charge < -0.3 is 25.2 Å². The molecule has 22 heavy (non-hydrogen) atoms. The third-order valence-corrected chi connectivity index (χ3v) is 3.73. The van der Waals surface area contributed by atoms with E-state index in [-0.39, 0.29) is 16.6 Å². The number of carbonyl (C=O) groups is 2. The smallest absolute Gasteiger partial charge is 0.341 e. The molecule has 0 atom stereocenters. The first-order valence-electron chi connectivity index (χ1n) is 6.49. The first-order valence-corrected chi connectivity index (χ1v) is 6.49. The molecular weight excluding hydrogens is 292 g/mol. The molecule has 0 saturated carbocycles. The number of anilines is 1. The number of pyridine rings is 1. The molecule has 2 aromatic rings. The third kappa shape index (κ3) is 1.68. The van der Waals surface area contributed by atoms with Gasteiger partial charge >= 0.3 is 5.97 Å². The number of hydrogen-bond donors (Lipinski definition) is 4. The Morgan fingerprint density at radius 2 is 2.00 bits per heavy atom. The zero-order valence-electron chi connectivity index (χ0n) is 11.5. The molecule has 1 aromatic carbocycles. The molecule has 8 nitrogen and oxygen atoms in total. The number of aliphatic hydroxyl groups is 2. The molecule has 1 amide bonds. The van der Waals surface area contributed by atoms with E-state index in [0.29, 0.717) is 12.1 Å². The molecule has 0 spiro atoms. The molecule has 0 fully saturated rings. The van der Waals surface area contributed by atoms with Crippen LogP contribution >= 0.6 is 0 Å². The van der Waals surface area contributed by atoms with Gasteiger partial charge in [-0.3, -0.25) is 9.59 Å². The summed E-state index contributed by atoms with van der Waals surface area (Å²) in [5, 5.41) is 31.2. The Morgan fingerprint density at radius 1 is 1.32 bits per heavy atom. The number of amides is 1. The Bertz CT molecular complexity index is 896. The number of rotatable bonds is 2. The molecule has 1 aliphatic rings. The van der Waals surface area contributed by atoms with Gasteiger partial charge in [0.2, 0.25) is 5.43 Å². The van der Waals surface area contributed by atoms with Gasteiger partial charge in [-0.25, -0.2) is 4.79 Å². The normalized spacial score (nSPS) is 15.7. The molecule has 1 aromatic heterocycles. The van der Waals surface area contributed by atoms with Gasteiger partial charge in [-0.05, 0) is 19.1 Å². The van der Waals surface area contributed by atoms with Crippen LogP contribution in [0.3, 0.4) is 0 Å². The monoisotopic (exact) mass is 304 g/mol. The van der Waals surface area contributed by atoms with Crippen LogP contribution in [0, 0.1) is 0 Å². The molecule has 1 aliphatic heterocycles. The van der Waals surface area contributed by atoms with Gasteiger partial charge in [-0.15, -0.1) is 0 Å². The molecule has 114 valence electrons. The van der Waals surface area contributed by atoms with Crippen molar-refractivity contribution in [1.82, 2.24) is 4.57 Å². The van der Waals surface area contributed by atoms with Crippen LogP contribution in [0.5, 0.6) is 0 Å². The third-order valence-electron chi connectivity index (χ3n) is 3.73. The minimum Gasteiger partial charge on any atom is -0.477 e. The SMILES string of the molecule is CCn1cc(C(=O)O)c(=O)c2c3c(ccc21)NC(=O)C3(O)O. The number of fused-ring (bicyclic) bond motifs is 3. The quantitative estimate of drug-likeness (QED) is 0.569. The average molecular weight is 304 g/mol. The fourth-order valence-corrected chi connectivity index (χ4v) is 2.68. The summed E-state index contributed by atoms with van der Waals surface area (Å²) in [6.07, 6.45) is 1.19. The Balaban J connectivity index is 2.56. The van der Waals surface area contributed by atoms with Crippen LogP contribution < -0.4 is 10.7 Å². The van der Waals surface area contributed by atoms with Gasteiger partial charge in [-0.1, -0.05) is 0 Å². The lowest BCUT2D eigenvalue weighted by Gasteiger charge is -2.17. The predicted octanol–water partition coefficient (Wildman–Crippen LogP) is -0.191. The minimum atomic E-state index is -2.88. The van der Waals surface area contributed by atoms with Gasteiger partial charge in [0.1, 0.15) is 5.56 Å². The van der Waals surface area contributed by atoms with E-state index in [2.05, 4.69) is 5.32 Å². The lowest BCUT2D eigenvalue weighted by molar-refractivity contribution is -0.180. The second kappa shape index (κ2) is 4.39. The summed E-state index contributed by atoms with van der Waals surface area (Å²) in [6, 6.07) is 2.96. The number of hydrogen-bond acceptors (Lipinski definition) is 5. The Hall–Kier alpha value is -2.71. The van der Waals surface area contributed by atoms with E-state index < -0.39 is 28.7 Å². The summed E-state index contributed by atoms with van der Waals surface area (Å²) in [5.41, 5.74) is -1.29. The summed E-state index contributed by atoms with van der Waals surface area (Å²) in [4.78, 5) is 35.3. The van der Waals surface area contributed by atoms with Gasteiger partial charge in [0.05, 0.1) is 22.2 Å². The fourth-order valence-electron chi connectivity index (χ4n) is 2.68. The highest BCUT2D eigenvalue weighted by Gasteiger charge is 2.46. The van der Waals surface area contributed by atoms with E-state index in [0.717, 1.165) is 0 Å². The number of aromatic nitrogens is 1. The molecule has 2 heterocycles. The Labute approximate surface area is 123 Å². The van der Waals surface area contributed by atoms with Crippen molar-refractivity contribution in [3.05, 3.63) is 39.7 Å². The van der Waals surface area contributed by atoms with Gasteiger partial charge in [0.25, 0.3) is 11.7 Å². The zero-order valence-corrected chi connectivity index (χ0v) is 11.5. The van der Waals surface area contributed by atoms with Gasteiger partial charge in [0, 0.05) is 12.7 Å². The highest BCUT2D eigenvalue weighted by Crippen LogP contribution is 2.38. The van der Waals surface area contributed by atoms with Crippen molar-refractivity contribution in [2.75, 3.05) is 5.32 Å². The maximum Gasteiger partial charge on any atom is 0.341 e. The molecule has 0 aliphatic carbocycles. The molecular formula is C14H12N2O6. The average Bonchev–Trinajstić information content (AvgIpc) is 2.69. The molecule has 0 unspecified atom stereocenters. The predicted molar refractivity (Wildman–Crippen MR) is 75.6 cm³/mol.